The van der Waals surface area contributed by atoms with Gasteiger partial charge in [0.2, 0.25) is 5.91 Å². The maximum absolute atomic E-state index is 12.4. The SMILES string of the molecule is O=C(Cc1c[nH]c2cnccc12)NC1CCN(Cc2ccccn2)CC1. The van der Waals surface area contributed by atoms with Crippen molar-refractivity contribution < 1.29 is 4.79 Å². The van der Waals surface area contributed by atoms with Crippen LogP contribution in [0.1, 0.15) is 24.1 Å². The Balaban J connectivity index is 1.27. The van der Waals surface area contributed by atoms with Gasteiger partial charge in [0, 0.05) is 49.7 Å². The molecule has 2 N–H and O–H groups in total. The topological polar surface area (TPSA) is 73.9 Å². The molecule has 0 atom stereocenters. The van der Waals surface area contributed by atoms with Crippen LogP contribution in [0.15, 0.2) is 49.1 Å². The number of rotatable bonds is 5. The molecule has 4 rings (SSSR count). The summed E-state index contributed by atoms with van der Waals surface area (Å²) < 4.78 is 0. The summed E-state index contributed by atoms with van der Waals surface area (Å²) in [4.78, 5) is 26.5. The van der Waals surface area contributed by atoms with Crippen molar-refractivity contribution >= 4 is 16.8 Å². The number of aromatic nitrogens is 3. The van der Waals surface area contributed by atoms with E-state index < -0.39 is 0 Å². The summed E-state index contributed by atoms with van der Waals surface area (Å²) in [5, 5.41) is 4.27. The molecule has 3 aromatic heterocycles. The van der Waals surface area contributed by atoms with Gasteiger partial charge >= 0.3 is 0 Å². The molecule has 0 bridgehead atoms. The summed E-state index contributed by atoms with van der Waals surface area (Å²) in [5.74, 6) is 0.0888. The van der Waals surface area contributed by atoms with E-state index in [0.717, 1.165) is 54.6 Å². The van der Waals surface area contributed by atoms with Crippen LogP contribution in [0, 0.1) is 0 Å². The number of amides is 1. The Morgan fingerprint density at radius 3 is 2.92 bits per heavy atom. The van der Waals surface area contributed by atoms with Crippen LogP contribution in [0.25, 0.3) is 10.9 Å². The Kier molecular flexibility index (Phi) is 4.93. The van der Waals surface area contributed by atoms with Gasteiger partial charge in [-0.1, -0.05) is 6.07 Å². The van der Waals surface area contributed by atoms with E-state index in [1.807, 2.05) is 30.6 Å². The second kappa shape index (κ2) is 7.66. The molecule has 0 radical (unpaired) electrons. The third-order valence-electron chi connectivity index (χ3n) is 4.98. The number of H-pyrrole nitrogens is 1. The number of nitrogens with zero attached hydrogens (tertiary/aromatic N) is 3. The van der Waals surface area contributed by atoms with Crippen molar-refractivity contribution in [3.63, 3.8) is 0 Å². The maximum Gasteiger partial charge on any atom is 0.224 e. The third-order valence-corrected chi connectivity index (χ3v) is 4.98. The van der Waals surface area contributed by atoms with Gasteiger partial charge in [-0.3, -0.25) is 19.7 Å². The van der Waals surface area contributed by atoms with Gasteiger partial charge in [-0.2, -0.15) is 0 Å². The molecule has 1 saturated heterocycles. The van der Waals surface area contributed by atoms with Gasteiger partial charge in [-0.25, -0.2) is 0 Å². The number of carbonyl (C=O) groups excluding carboxylic acids is 1. The lowest BCUT2D eigenvalue weighted by molar-refractivity contribution is -0.121. The molecule has 0 aliphatic carbocycles. The van der Waals surface area contributed by atoms with Gasteiger partial charge < -0.3 is 10.3 Å². The molecule has 0 unspecified atom stereocenters. The number of likely N-dealkylation sites (tertiary alicyclic amines) is 1. The first-order valence-electron chi connectivity index (χ1n) is 9.09. The van der Waals surface area contributed by atoms with Crippen molar-refractivity contribution in [3.05, 3.63) is 60.3 Å². The fourth-order valence-corrected chi connectivity index (χ4v) is 3.59. The highest BCUT2D eigenvalue weighted by Crippen LogP contribution is 2.18. The molecule has 1 fully saturated rings. The monoisotopic (exact) mass is 349 g/mol. The fraction of sp³-hybridized carbons (Fsp3) is 0.350. The predicted octanol–water partition coefficient (Wildman–Crippen LogP) is 2.28. The van der Waals surface area contributed by atoms with E-state index >= 15 is 0 Å². The van der Waals surface area contributed by atoms with Crippen molar-refractivity contribution in [2.75, 3.05) is 13.1 Å². The first-order valence-corrected chi connectivity index (χ1v) is 9.09. The summed E-state index contributed by atoms with van der Waals surface area (Å²) >= 11 is 0. The molecule has 3 aromatic rings. The van der Waals surface area contributed by atoms with Crippen LogP contribution in [-0.2, 0) is 17.8 Å². The largest absolute Gasteiger partial charge is 0.360 e. The summed E-state index contributed by atoms with van der Waals surface area (Å²) in [6, 6.07) is 8.23. The molecule has 0 aromatic carbocycles. The van der Waals surface area contributed by atoms with E-state index in [0.29, 0.717) is 6.42 Å². The Morgan fingerprint density at radius 2 is 2.12 bits per heavy atom. The Bertz CT molecular complexity index is 868. The number of piperidine rings is 1. The number of carbonyl (C=O) groups is 1. The second-order valence-electron chi connectivity index (χ2n) is 6.85. The highest BCUT2D eigenvalue weighted by Gasteiger charge is 2.21. The van der Waals surface area contributed by atoms with Gasteiger partial charge in [0.1, 0.15) is 0 Å². The van der Waals surface area contributed by atoms with Gasteiger partial charge in [0.05, 0.1) is 23.8 Å². The van der Waals surface area contributed by atoms with Crippen molar-refractivity contribution in [1.29, 1.82) is 0 Å². The molecule has 4 heterocycles. The lowest BCUT2D eigenvalue weighted by Crippen LogP contribution is -2.44. The maximum atomic E-state index is 12.4. The molecule has 26 heavy (non-hydrogen) atoms. The minimum Gasteiger partial charge on any atom is -0.360 e. The summed E-state index contributed by atoms with van der Waals surface area (Å²) in [6.07, 6.45) is 9.65. The van der Waals surface area contributed by atoms with Crippen molar-refractivity contribution in [2.24, 2.45) is 0 Å². The molecule has 1 aliphatic heterocycles. The smallest absolute Gasteiger partial charge is 0.224 e. The van der Waals surface area contributed by atoms with E-state index in [-0.39, 0.29) is 11.9 Å². The van der Waals surface area contributed by atoms with Crippen LogP contribution in [0.5, 0.6) is 0 Å². The zero-order chi connectivity index (χ0) is 17.8. The molecular weight excluding hydrogens is 326 g/mol. The number of nitrogens with one attached hydrogen (secondary N) is 2. The van der Waals surface area contributed by atoms with Crippen LogP contribution in [0.4, 0.5) is 0 Å². The summed E-state index contributed by atoms with van der Waals surface area (Å²) in [7, 11) is 0. The third kappa shape index (κ3) is 3.91. The molecular formula is C20H23N5O. The Hall–Kier alpha value is -2.73. The fourth-order valence-electron chi connectivity index (χ4n) is 3.59. The van der Waals surface area contributed by atoms with Crippen LogP contribution in [0.2, 0.25) is 0 Å². The molecule has 6 nitrogen and oxygen atoms in total. The lowest BCUT2D eigenvalue weighted by Gasteiger charge is -2.32. The van der Waals surface area contributed by atoms with Gasteiger partial charge in [0.25, 0.3) is 0 Å². The van der Waals surface area contributed by atoms with Crippen LogP contribution < -0.4 is 5.32 Å². The average Bonchev–Trinajstić information content (AvgIpc) is 3.07. The number of pyridine rings is 2. The van der Waals surface area contributed by atoms with Crippen molar-refractivity contribution in [1.82, 2.24) is 25.2 Å². The number of fused-ring (bicyclic) bond motifs is 1. The normalized spacial score (nSPS) is 16.0. The first-order chi connectivity index (χ1) is 12.8. The van der Waals surface area contributed by atoms with Gasteiger partial charge in [-0.05, 0) is 36.6 Å². The van der Waals surface area contributed by atoms with Crippen LogP contribution >= 0.6 is 0 Å². The highest BCUT2D eigenvalue weighted by molar-refractivity contribution is 5.88. The first kappa shape index (κ1) is 16.7. The van der Waals surface area contributed by atoms with E-state index in [4.69, 9.17) is 0 Å². The van der Waals surface area contributed by atoms with Crippen LogP contribution in [0.3, 0.4) is 0 Å². The van der Waals surface area contributed by atoms with E-state index in [9.17, 15) is 4.79 Å². The minimum atomic E-state index is 0.0888. The molecule has 1 amide bonds. The Labute approximate surface area is 152 Å². The minimum absolute atomic E-state index is 0.0888. The zero-order valence-electron chi connectivity index (χ0n) is 14.7. The quantitative estimate of drug-likeness (QED) is 0.741. The van der Waals surface area contributed by atoms with Gasteiger partial charge in [0.15, 0.2) is 0 Å². The predicted molar refractivity (Wildman–Crippen MR) is 100 cm³/mol. The van der Waals surface area contributed by atoms with Gasteiger partial charge in [-0.15, -0.1) is 0 Å². The number of aromatic amines is 1. The molecule has 0 spiro atoms. The molecule has 134 valence electrons. The molecule has 1 aliphatic rings. The lowest BCUT2D eigenvalue weighted by atomic mass is 10.0. The van der Waals surface area contributed by atoms with E-state index in [2.05, 4.69) is 31.2 Å². The Morgan fingerprint density at radius 1 is 1.23 bits per heavy atom. The standard InChI is InChI=1S/C20H23N5O/c26-20(11-15-12-23-19-13-21-8-4-18(15)19)24-16-5-9-25(10-6-16)14-17-3-1-2-7-22-17/h1-4,7-8,12-13,16,23H,5-6,9-11,14H2,(H,24,26). The van der Waals surface area contributed by atoms with Crippen molar-refractivity contribution in [3.8, 4) is 0 Å². The zero-order valence-corrected chi connectivity index (χ0v) is 14.7. The van der Waals surface area contributed by atoms with Crippen molar-refractivity contribution in [2.45, 2.75) is 31.8 Å². The highest BCUT2D eigenvalue weighted by atomic mass is 16.1. The van der Waals surface area contributed by atoms with E-state index in [1.165, 1.54) is 0 Å². The van der Waals surface area contributed by atoms with E-state index in [1.54, 1.807) is 12.4 Å². The summed E-state index contributed by atoms with van der Waals surface area (Å²) in [5.41, 5.74) is 3.09. The van der Waals surface area contributed by atoms with Crippen LogP contribution in [-0.4, -0.2) is 44.9 Å². The average molecular weight is 349 g/mol. The summed E-state index contributed by atoms with van der Waals surface area (Å²) in [6.45, 7) is 2.85. The molecule has 0 saturated carbocycles. The molecule has 6 heteroatoms. The second-order valence-corrected chi connectivity index (χ2v) is 6.85. The number of hydrogen-bond donors (Lipinski definition) is 2. The number of hydrogen-bond acceptors (Lipinski definition) is 4.